The van der Waals surface area contributed by atoms with E-state index in [0.29, 0.717) is 56.1 Å². The van der Waals surface area contributed by atoms with Crippen molar-refractivity contribution in [3.05, 3.63) is 128 Å². The van der Waals surface area contributed by atoms with Crippen LogP contribution in [0, 0.1) is 13.8 Å². The monoisotopic (exact) mass is 620 g/mol. The van der Waals surface area contributed by atoms with Crippen LogP contribution < -0.4 is 30.8 Å². The molecular weight excluding hydrogens is 599 g/mol. The van der Waals surface area contributed by atoms with Crippen molar-refractivity contribution < 1.29 is 19.1 Å². The first-order valence-electron chi connectivity index (χ1n) is 13.6. The Morgan fingerprint density at radius 3 is 1.43 bits per heavy atom. The van der Waals surface area contributed by atoms with Crippen LogP contribution in [0.15, 0.2) is 94.9 Å². The number of carbonyl (C=O) groups excluding carboxylic acids is 2. The van der Waals surface area contributed by atoms with Gasteiger partial charge in [-0.3, -0.25) is 9.59 Å². The summed E-state index contributed by atoms with van der Waals surface area (Å²) in [4.78, 5) is 35.1. The van der Waals surface area contributed by atoms with E-state index in [1.807, 2.05) is 50.2 Å². The number of hydrogen-bond acceptors (Lipinski definition) is 6. The fourth-order valence-electron chi connectivity index (χ4n) is 5.05. The molecule has 2 aliphatic heterocycles. The summed E-state index contributed by atoms with van der Waals surface area (Å²) in [5.74, 6) is 0.762. The van der Waals surface area contributed by atoms with Crippen LogP contribution in [0.2, 0.25) is 10.0 Å². The van der Waals surface area contributed by atoms with Crippen LogP contribution in [0.5, 0.6) is 23.0 Å². The molecule has 0 radical (unpaired) electrons. The van der Waals surface area contributed by atoms with Crippen LogP contribution in [0.25, 0.3) is 0 Å². The average Bonchev–Trinajstić information content (AvgIpc) is 3.02. The third kappa shape index (κ3) is 4.84. The SMILES string of the molecule is Cc1ccccc1C(=O)Nc1ccc2c(c1)Oc1c(Cl)c3c(c(Cl)c1=N2)Oc1cc(NC(=O)c2ccccc2C)ccc1N=3. The molecule has 0 saturated heterocycles. The van der Waals surface area contributed by atoms with Gasteiger partial charge in [-0.2, -0.15) is 0 Å². The maximum absolute atomic E-state index is 12.9. The largest absolute Gasteiger partial charge is 0.451 e. The van der Waals surface area contributed by atoms with Crippen molar-refractivity contribution in [2.24, 2.45) is 9.98 Å². The summed E-state index contributed by atoms with van der Waals surface area (Å²) < 4.78 is 12.4. The normalized spacial score (nSPS) is 12.1. The molecule has 2 heterocycles. The van der Waals surface area contributed by atoms with E-state index in [4.69, 9.17) is 42.7 Å². The average molecular weight is 621 g/mol. The van der Waals surface area contributed by atoms with Crippen molar-refractivity contribution in [3.8, 4) is 23.0 Å². The Hall–Kier alpha value is -5.18. The van der Waals surface area contributed by atoms with Crippen LogP contribution in [0.1, 0.15) is 31.8 Å². The number of benzene rings is 5. The molecular formula is C34H22Cl2N4O4. The topological polar surface area (TPSA) is 101 Å². The van der Waals surface area contributed by atoms with Crippen molar-refractivity contribution in [2.45, 2.75) is 13.8 Å². The van der Waals surface area contributed by atoms with Gasteiger partial charge >= 0.3 is 0 Å². The molecule has 0 fully saturated rings. The zero-order valence-corrected chi connectivity index (χ0v) is 24.9. The third-order valence-electron chi connectivity index (χ3n) is 7.35. The number of anilines is 2. The van der Waals surface area contributed by atoms with E-state index in [2.05, 4.69) is 10.6 Å². The summed E-state index contributed by atoms with van der Waals surface area (Å²) in [5.41, 5.74) is 4.94. The highest BCUT2D eigenvalue weighted by Gasteiger charge is 2.27. The molecule has 0 aliphatic carbocycles. The number of fused-ring (bicyclic) bond motifs is 4. The number of halogens is 2. The zero-order chi connectivity index (χ0) is 30.5. The van der Waals surface area contributed by atoms with Gasteiger partial charge in [-0.25, -0.2) is 9.98 Å². The zero-order valence-electron chi connectivity index (χ0n) is 23.4. The lowest BCUT2D eigenvalue weighted by Crippen LogP contribution is -2.22. The standard InChI is InChI=1S/C34H22Cl2N4O4/c1-17-7-3-5-9-21(17)33(41)37-19-11-13-23-25(15-19)43-31-27(35)30-32(28(36)29(31)39-23)44-26-16-20(12-14-24(26)40-30)38-34(42)22-10-6-4-8-18(22)2/h3-16H,1-2H3,(H,37,41)(H,38,42). The lowest BCUT2D eigenvalue weighted by atomic mass is 10.1. The molecule has 0 atom stereocenters. The summed E-state index contributed by atoms with van der Waals surface area (Å²) in [5, 5.41) is 6.74. The third-order valence-corrected chi connectivity index (χ3v) is 8.05. The molecule has 5 aromatic carbocycles. The first-order chi connectivity index (χ1) is 21.3. The van der Waals surface area contributed by atoms with Gasteiger partial charge in [0.05, 0.1) is 0 Å². The molecule has 44 heavy (non-hydrogen) atoms. The second-order valence-electron chi connectivity index (χ2n) is 10.3. The molecule has 2 amide bonds. The number of rotatable bonds is 4. The van der Waals surface area contributed by atoms with Gasteiger partial charge in [0.15, 0.2) is 23.0 Å². The predicted octanol–water partition coefficient (Wildman–Crippen LogP) is 8.23. The molecule has 10 heteroatoms. The molecule has 2 N–H and O–H groups in total. The minimum Gasteiger partial charge on any atom is -0.451 e. The summed E-state index contributed by atoms with van der Waals surface area (Å²) in [7, 11) is 0. The highest BCUT2D eigenvalue weighted by Crippen LogP contribution is 2.43. The van der Waals surface area contributed by atoms with Crippen LogP contribution in [0.4, 0.5) is 22.7 Å². The fourth-order valence-corrected chi connectivity index (χ4v) is 5.57. The van der Waals surface area contributed by atoms with Gasteiger partial charge in [0.1, 0.15) is 32.1 Å². The highest BCUT2D eigenvalue weighted by atomic mass is 35.5. The first-order valence-corrected chi connectivity index (χ1v) is 14.4. The van der Waals surface area contributed by atoms with E-state index < -0.39 is 0 Å². The van der Waals surface area contributed by atoms with Crippen LogP contribution >= 0.6 is 23.2 Å². The van der Waals surface area contributed by atoms with Crippen molar-refractivity contribution in [1.29, 1.82) is 0 Å². The smallest absolute Gasteiger partial charge is 0.255 e. The molecule has 0 unspecified atom stereocenters. The van der Waals surface area contributed by atoms with E-state index in [9.17, 15) is 9.59 Å². The predicted molar refractivity (Wildman–Crippen MR) is 169 cm³/mol. The Kier molecular flexibility index (Phi) is 6.80. The van der Waals surface area contributed by atoms with Crippen LogP contribution in [-0.4, -0.2) is 11.8 Å². The quantitative estimate of drug-likeness (QED) is 0.207. The van der Waals surface area contributed by atoms with Gasteiger partial charge in [0.2, 0.25) is 0 Å². The molecule has 2 aliphatic rings. The van der Waals surface area contributed by atoms with Gasteiger partial charge < -0.3 is 20.1 Å². The summed E-state index contributed by atoms with van der Waals surface area (Å²) in [6, 6.07) is 24.9. The maximum atomic E-state index is 12.9. The molecule has 0 bridgehead atoms. The second kappa shape index (κ2) is 10.8. The lowest BCUT2D eigenvalue weighted by Gasteiger charge is -2.21. The number of amides is 2. The van der Waals surface area contributed by atoms with Gasteiger partial charge in [0.25, 0.3) is 11.8 Å². The van der Waals surface area contributed by atoms with E-state index in [-0.39, 0.29) is 33.4 Å². The molecule has 216 valence electrons. The van der Waals surface area contributed by atoms with Crippen molar-refractivity contribution in [2.75, 3.05) is 10.6 Å². The van der Waals surface area contributed by atoms with Gasteiger partial charge in [-0.05, 0) is 61.4 Å². The summed E-state index contributed by atoms with van der Waals surface area (Å²) in [6.07, 6.45) is 0. The molecule has 0 spiro atoms. The van der Waals surface area contributed by atoms with Crippen molar-refractivity contribution >= 4 is 57.8 Å². The fraction of sp³-hybridized carbons (Fsp3) is 0.0588. The maximum Gasteiger partial charge on any atom is 0.255 e. The Labute approximate surface area is 261 Å². The Morgan fingerprint density at radius 1 is 0.614 bits per heavy atom. The van der Waals surface area contributed by atoms with Gasteiger partial charge in [-0.1, -0.05) is 59.6 Å². The summed E-state index contributed by atoms with van der Waals surface area (Å²) in [6.45, 7) is 3.76. The van der Waals surface area contributed by atoms with Crippen molar-refractivity contribution in [3.63, 3.8) is 0 Å². The minimum atomic E-state index is -0.237. The van der Waals surface area contributed by atoms with Crippen LogP contribution in [-0.2, 0) is 0 Å². The summed E-state index contributed by atoms with van der Waals surface area (Å²) >= 11 is 13.6. The Bertz CT molecular complexity index is 2030. The van der Waals surface area contributed by atoms with E-state index in [1.165, 1.54) is 0 Å². The van der Waals surface area contributed by atoms with E-state index in [1.54, 1.807) is 48.5 Å². The lowest BCUT2D eigenvalue weighted by molar-refractivity contribution is 0.101. The molecule has 0 aromatic heterocycles. The Morgan fingerprint density at radius 2 is 1.02 bits per heavy atom. The number of nitrogens with one attached hydrogen (secondary N) is 2. The number of nitrogens with zero attached hydrogens (tertiary/aromatic N) is 2. The van der Waals surface area contributed by atoms with E-state index in [0.717, 1.165) is 11.1 Å². The number of hydrogen-bond donors (Lipinski definition) is 2. The van der Waals surface area contributed by atoms with Gasteiger partial charge in [-0.15, -0.1) is 0 Å². The van der Waals surface area contributed by atoms with Crippen molar-refractivity contribution in [1.82, 2.24) is 0 Å². The minimum absolute atomic E-state index is 0.172. The molecule has 5 aromatic rings. The number of aryl methyl sites for hydroxylation is 2. The number of carbonyl (C=O) groups is 2. The Balaban J connectivity index is 1.20. The molecule has 8 nitrogen and oxygen atoms in total. The molecule has 7 rings (SSSR count). The highest BCUT2D eigenvalue weighted by molar-refractivity contribution is 6.35. The second-order valence-corrected chi connectivity index (χ2v) is 11.1. The first kappa shape index (κ1) is 27.6. The van der Waals surface area contributed by atoms with E-state index >= 15 is 0 Å². The molecule has 0 saturated carbocycles. The van der Waals surface area contributed by atoms with Gasteiger partial charge in [0, 0.05) is 34.6 Å². The van der Waals surface area contributed by atoms with Crippen LogP contribution in [0.3, 0.4) is 0 Å². The number of ether oxygens (including phenoxy) is 2.